The molecule has 1 aromatic carbocycles. The summed E-state index contributed by atoms with van der Waals surface area (Å²) in [6, 6.07) is 6.12. The fraction of sp³-hybridized carbons (Fsp3) is 0.609. The number of piperidine rings is 1. The number of hydrogen-bond acceptors (Lipinski definition) is 6. The third-order valence-corrected chi connectivity index (χ3v) is 8.17. The van der Waals surface area contributed by atoms with Crippen molar-refractivity contribution in [2.45, 2.75) is 75.8 Å². The first-order chi connectivity index (χ1) is 15.2. The van der Waals surface area contributed by atoms with Crippen molar-refractivity contribution in [1.29, 1.82) is 0 Å². The first-order valence-electron chi connectivity index (χ1n) is 11.3. The molecule has 0 unspecified atom stereocenters. The molecule has 1 aromatic rings. The summed E-state index contributed by atoms with van der Waals surface area (Å²) in [4.78, 5) is 36.5. The molecule has 0 spiro atoms. The van der Waals surface area contributed by atoms with E-state index in [0.717, 1.165) is 25.7 Å². The van der Waals surface area contributed by atoms with Gasteiger partial charge in [-0.2, -0.15) is 4.31 Å². The average molecular weight is 465 g/mol. The number of hydrogen-bond donors (Lipinski definition) is 1. The van der Waals surface area contributed by atoms with Gasteiger partial charge in [0.05, 0.1) is 10.8 Å². The molecule has 3 rings (SSSR count). The Kier molecular flexibility index (Phi) is 8.05. The van der Waals surface area contributed by atoms with E-state index in [4.69, 9.17) is 4.74 Å². The van der Waals surface area contributed by atoms with E-state index in [1.54, 1.807) is 19.1 Å². The van der Waals surface area contributed by atoms with E-state index >= 15 is 0 Å². The van der Waals surface area contributed by atoms with Gasteiger partial charge in [0.2, 0.25) is 10.0 Å². The average Bonchev–Trinajstić information content (AvgIpc) is 2.79. The quantitative estimate of drug-likeness (QED) is 0.491. The molecule has 1 aliphatic carbocycles. The van der Waals surface area contributed by atoms with Crippen LogP contribution in [-0.4, -0.2) is 55.6 Å². The maximum atomic E-state index is 12.9. The van der Waals surface area contributed by atoms with E-state index < -0.39 is 28.0 Å². The van der Waals surface area contributed by atoms with Gasteiger partial charge in [-0.3, -0.25) is 14.4 Å². The summed E-state index contributed by atoms with van der Waals surface area (Å²) in [6.07, 6.45) is 5.05. The molecule has 9 heteroatoms. The number of carbonyl (C=O) groups is 3. The van der Waals surface area contributed by atoms with E-state index in [0.29, 0.717) is 18.4 Å². The monoisotopic (exact) mass is 464 g/mol. The van der Waals surface area contributed by atoms with Crippen molar-refractivity contribution in [1.82, 2.24) is 9.62 Å². The molecule has 1 saturated carbocycles. The van der Waals surface area contributed by atoms with E-state index in [-0.39, 0.29) is 35.7 Å². The van der Waals surface area contributed by atoms with E-state index in [2.05, 4.69) is 5.32 Å². The van der Waals surface area contributed by atoms with Crippen LogP contribution < -0.4 is 5.32 Å². The lowest BCUT2D eigenvalue weighted by Crippen LogP contribution is -2.44. The Balaban J connectivity index is 1.52. The molecule has 1 atom stereocenters. The molecule has 32 heavy (non-hydrogen) atoms. The summed E-state index contributed by atoms with van der Waals surface area (Å²) in [5, 5.41) is 2.96. The highest BCUT2D eigenvalue weighted by molar-refractivity contribution is 7.89. The van der Waals surface area contributed by atoms with Crippen molar-refractivity contribution in [2.24, 2.45) is 5.92 Å². The van der Waals surface area contributed by atoms with Crippen molar-refractivity contribution in [3.8, 4) is 0 Å². The molecule has 176 valence electrons. The summed E-state index contributed by atoms with van der Waals surface area (Å²) in [5.74, 6) is -1.40. The molecular weight excluding hydrogens is 432 g/mol. The van der Waals surface area contributed by atoms with Gasteiger partial charge in [-0.05, 0) is 51.7 Å². The zero-order chi connectivity index (χ0) is 23.3. The minimum Gasteiger partial charge on any atom is -0.452 e. The zero-order valence-electron chi connectivity index (χ0n) is 18.7. The lowest BCUT2D eigenvalue weighted by Gasteiger charge is -2.31. The van der Waals surface area contributed by atoms with Gasteiger partial charge >= 0.3 is 5.97 Å². The Morgan fingerprint density at radius 3 is 2.34 bits per heavy atom. The van der Waals surface area contributed by atoms with Crippen LogP contribution in [0.15, 0.2) is 29.2 Å². The number of benzene rings is 1. The largest absolute Gasteiger partial charge is 0.452 e. The van der Waals surface area contributed by atoms with Crippen LogP contribution in [0.5, 0.6) is 0 Å². The molecule has 8 nitrogen and oxygen atoms in total. The van der Waals surface area contributed by atoms with E-state index in [9.17, 15) is 22.8 Å². The van der Waals surface area contributed by atoms with Crippen LogP contribution in [0.3, 0.4) is 0 Å². The smallest absolute Gasteiger partial charge is 0.309 e. The third-order valence-electron chi connectivity index (χ3n) is 6.28. The summed E-state index contributed by atoms with van der Waals surface area (Å²) < 4.78 is 32.6. The van der Waals surface area contributed by atoms with Crippen LogP contribution in [0.1, 0.15) is 69.2 Å². The highest BCUT2D eigenvalue weighted by Gasteiger charge is 2.34. The Morgan fingerprint density at radius 2 is 1.72 bits per heavy atom. The number of esters is 1. The summed E-state index contributed by atoms with van der Waals surface area (Å²) >= 11 is 0. The van der Waals surface area contributed by atoms with Gasteiger partial charge in [0.1, 0.15) is 0 Å². The fourth-order valence-electron chi connectivity index (χ4n) is 4.25. The van der Waals surface area contributed by atoms with Crippen LogP contribution in [0, 0.1) is 5.92 Å². The molecule has 1 saturated heterocycles. The molecule has 1 amide bonds. The molecule has 2 aliphatic rings. The second-order valence-electron chi connectivity index (χ2n) is 8.69. The second-order valence-corrected chi connectivity index (χ2v) is 10.6. The van der Waals surface area contributed by atoms with E-state index in [1.165, 1.54) is 29.8 Å². The first kappa shape index (κ1) is 24.4. The minimum atomic E-state index is -3.76. The number of ketones is 1. The molecule has 1 heterocycles. The van der Waals surface area contributed by atoms with Gasteiger partial charge in [0, 0.05) is 24.7 Å². The third kappa shape index (κ3) is 5.95. The van der Waals surface area contributed by atoms with Crippen LogP contribution in [0.25, 0.3) is 0 Å². The lowest BCUT2D eigenvalue weighted by atomic mass is 9.95. The van der Waals surface area contributed by atoms with Crippen molar-refractivity contribution in [3.05, 3.63) is 29.8 Å². The van der Waals surface area contributed by atoms with Gasteiger partial charge in [-0.15, -0.1) is 0 Å². The number of nitrogens with one attached hydrogen (secondary N) is 1. The highest BCUT2D eigenvalue weighted by Crippen LogP contribution is 2.26. The van der Waals surface area contributed by atoms with Gasteiger partial charge in [-0.1, -0.05) is 31.4 Å². The predicted octanol–water partition coefficient (Wildman–Crippen LogP) is 2.67. The van der Waals surface area contributed by atoms with Crippen molar-refractivity contribution < 1.29 is 27.5 Å². The number of rotatable bonds is 7. The van der Waals surface area contributed by atoms with Crippen LogP contribution in [0.4, 0.5) is 0 Å². The van der Waals surface area contributed by atoms with Crippen molar-refractivity contribution in [3.63, 3.8) is 0 Å². The van der Waals surface area contributed by atoms with E-state index in [1.807, 2.05) is 0 Å². The molecule has 0 radical (unpaired) electrons. The zero-order valence-corrected chi connectivity index (χ0v) is 19.5. The second kappa shape index (κ2) is 10.6. The Hall–Kier alpha value is -2.26. The number of carbonyl (C=O) groups excluding carboxylic acids is 3. The Bertz CT molecular complexity index is 947. The molecule has 0 bridgehead atoms. The molecule has 2 fully saturated rings. The number of Topliss-reactive ketones (excluding diaryl/α,β-unsaturated/α-hetero) is 1. The van der Waals surface area contributed by atoms with Gasteiger partial charge in [0.25, 0.3) is 5.91 Å². The normalized spacial score (nSPS) is 19.8. The number of amides is 1. The van der Waals surface area contributed by atoms with Crippen molar-refractivity contribution in [2.75, 3.05) is 13.1 Å². The van der Waals surface area contributed by atoms with Crippen LogP contribution >= 0.6 is 0 Å². The molecule has 0 aromatic heterocycles. The topological polar surface area (TPSA) is 110 Å². The van der Waals surface area contributed by atoms with Crippen LogP contribution in [-0.2, 0) is 24.3 Å². The Labute approximate surface area is 189 Å². The minimum absolute atomic E-state index is 0.0687. The summed E-state index contributed by atoms with van der Waals surface area (Å²) in [7, 11) is -3.76. The lowest BCUT2D eigenvalue weighted by molar-refractivity contribution is -0.160. The van der Waals surface area contributed by atoms with Crippen LogP contribution in [0.2, 0.25) is 0 Å². The fourth-order valence-corrected chi connectivity index (χ4v) is 5.76. The molecular formula is C23H32N2O6S. The first-order valence-corrected chi connectivity index (χ1v) is 12.7. The van der Waals surface area contributed by atoms with Gasteiger partial charge in [0.15, 0.2) is 11.9 Å². The SMILES string of the molecule is CC(=O)c1cccc(S(=O)(=O)N2CCC(C(=O)O[C@H](C)C(=O)NC3CCCCC3)CC2)c1. The number of sulfonamides is 1. The standard InChI is InChI=1S/C23H32N2O6S/c1-16(26)19-7-6-10-21(15-19)32(29,30)25-13-11-18(12-14-25)23(28)31-17(2)22(27)24-20-8-4-3-5-9-20/h6-7,10,15,17-18,20H,3-5,8-9,11-14H2,1-2H3,(H,24,27)/t17-/m1/s1. The van der Waals surface area contributed by atoms with Crippen molar-refractivity contribution >= 4 is 27.7 Å². The maximum absolute atomic E-state index is 12.9. The molecule has 1 aliphatic heterocycles. The Morgan fingerprint density at radius 1 is 1.06 bits per heavy atom. The number of ether oxygens (including phenoxy) is 1. The highest BCUT2D eigenvalue weighted by atomic mass is 32.2. The summed E-state index contributed by atoms with van der Waals surface area (Å²) in [5.41, 5.74) is 0.338. The summed E-state index contributed by atoms with van der Waals surface area (Å²) in [6.45, 7) is 3.31. The van der Waals surface area contributed by atoms with Gasteiger partial charge < -0.3 is 10.1 Å². The van der Waals surface area contributed by atoms with Gasteiger partial charge in [-0.25, -0.2) is 8.42 Å². The predicted molar refractivity (Wildman–Crippen MR) is 118 cm³/mol. The molecule has 1 N–H and O–H groups in total. The number of nitrogens with zero attached hydrogens (tertiary/aromatic N) is 1. The maximum Gasteiger partial charge on any atom is 0.309 e.